The van der Waals surface area contributed by atoms with Crippen LogP contribution in [0.2, 0.25) is 0 Å². The van der Waals surface area contributed by atoms with Crippen molar-refractivity contribution < 1.29 is 0 Å². The van der Waals surface area contributed by atoms with Crippen LogP contribution in [0.5, 0.6) is 0 Å². The van der Waals surface area contributed by atoms with Crippen molar-refractivity contribution in [3.8, 4) is 0 Å². The molecule has 0 heterocycles. The van der Waals surface area contributed by atoms with Crippen LogP contribution in [0, 0.1) is 10.8 Å². The number of nitrogens with zero attached hydrogens (tertiary/aromatic N) is 1. The van der Waals surface area contributed by atoms with Gasteiger partial charge in [0.25, 0.3) is 0 Å². The fourth-order valence-electron chi connectivity index (χ4n) is 1.70. The highest BCUT2D eigenvalue weighted by Gasteiger charge is 2.23. The van der Waals surface area contributed by atoms with Crippen molar-refractivity contribution in [2.24, 2.45) is 5.41 Å². The summed E-state index contributed by atoms with van der Waals surface area (Å²) in [5, 5.41) is 8.34. The van der Waals surface area contributed by atoms with Gasteiger partial charge in [0.1, 0.15) is 5.84 Å². The Labute approximate surface area is 105 Å². The number of rotatable bonds is 4. The number of amidine groups is 1. The summed E-state index contributed by atoms with van der Waals surface area (Å²) < 4.78 is 0. The molecule has 0 unspecified atom stereocenters. The van der Waals surface area contributed by atoms with Gasteiger partial charge in [-0.15, -0.1) is 0 Å². The van der Waals surface area contributed by atoms with Gasteiger partial charge in [-0.3, -0.25) is 5.41 Å². The Morgan fingerprint density at radius 3 is 2.24 bits per heavy atom. The Hall–Kier alpha value is -1.31. The van der Waals surface area contributed by atoms with E-state index >= 15 is 0 Å². The van der Waals surface area contributed by atoms with Crippen LogP contribution in [0.15, 0.2) is 30.3 Å². The maximum atomic E-state index is 8.34. The third-order valence-corrected chi connectivity index (χ3v) is 2.78. The molecule has 0 atom stereocenters. The van der Waals surface area contributed by atoms with Crippen molar-refractivity contribution in [1.82, 2.24) is 0 Å². The maximum absolute atomic E-state index is 8.34. The highest BCUT2D eigenvalue weighted by atomic mass is 15.2. The predicted molar refractivity (Wildman–Crippen MR) is 75.9 cm³/mol. The quantitative estimate of drug-likeness (QED) is 0.607. The van der Waals surface area contributed by atoms with E-state index in [0.717, 1.165) is 25.1 Å². The monoisotopic (exact) mass is 232 g/mol. The molecule has 2 nitrogen and oxygen atoms in total. The number of anilines is 1. The van der Waals surface area contributed by atoms with Crippen LogP contribution in [-0.4, -0.2) is 12.4 Å². The molecular formula is C15H24N2. The molecule has 0 amide bonds. The minimum absolute atomic E-state index is 0.108. The van der Waals surface area contributed by atoms with Crippen LogP contribution in [0.25, 0.3) is 0 Å². The van der Waals surface area contributed by atoms with Gasteiger partial charge in [-0.1, -0.05) is 52.3 Å². The normalized spacial score (nSPS) is 11.3. The molecular weight excluding hydrogens is 208 g/mol. The molecule has 0 aromatic heterocycles. The van der Waals surface area contributed by atoms with Crippen LogP contribution in [0.3, 0.4) is 0 Å². The molecule has 0 fully saturated rings. The molecule has 1 rings (SSSR count). The van der Waals surface area contributed by atoms with Gasteiger partial charge in [0, 0.05) is 17.6 Å². The van der Waals surface area contributed by atoms with Crippen molar-refractivity contribution in [2.75, 3.05) is 11.4 Å². The van der Waals surface area contributed by atoms with Gasteiger partial charge in [0.2, 0.25) is 0 Å². The van der Waals surface area contributed by atoms with Crippen LogP contribution in [0.1, 0.15) is 40.5 Å². The first-order valence-electron chi connectivity index (χ1n) is 6.38. The predicted octanol–water partition coefficient (Wildman–Crippen LogP) is 4.32. The SMILES string of the molecule is CCCCN(C(=N)C(C)(C)C)c1ccccc1. The zero-order valence-electron chi connectivity index (χ0n) is 11.5. The lowest BCUT2D eigenvalue weighted by Gasteiger charge is -2.32. The van der Waals surface area contributed by atoms with E-state index in [1.54, 1.807) is 0 Å². The molecule has 0 aliphatic carbocycles. The lowest BCUT2D eigenvalue weighted by molar-refractivity contribution is 0.569. The Bertz CT molecular complexity index is 349. The summed E-state index contributed by atoms with van der Waals surface area (Å²) in [5.41, 5.74) is 1.02. The summed E-state index contributed by atoms with van der Waals surface area (Å²) in [6.45, 7) is 9.39. The number of unbranched alkanes of at least 4 members (excludes halogenated alkanes) is 1. The highest BCUT2D eigenvalue weighted by Crippen LogP contribution is 2.23. The zero-order chi connectivity index (χ0) is 12.9. The van der Waals surface area contributed by atoms with Crippen molar-refractivity contribution in [3.63, 3.8) is 0 Å². The van der Waals surface area contributed by atoms with Crippen molar-refractivity contribution >= 4 is 11.5 Å². The van der Waals surface area contributed by atoms with Crippen LogP contribution >= 0.6 is 0 Å². The Morgan fingerprint density at radius 2 is 1.76 bits per heavy atom. The lowest BCUT2D eigenvalue weighted by Crippen LogP contribution is -2.39. The van der Waals surface area contributed by atoms with E-state index in [4.69, 9.17) is 5.41 Å². The largest absolute Gasteiger partial charge is 0.330 e. The van der Waals surface area contributed by atoms with Crippen LogP contribution < -0.4 is 4.90 Å². The van der Waals surface area contributed by atoms with Crippen molar-refractivity contribution in [3.05, 3.63) is 30.3 Å². The fraction of sp³-hybridized carbons (Fsp3) is 0.533. The van der Waals surface area contributed by atoms with E-state index in [2.05, 4.69) is 44.7 Å². The second-order valence-corrected chi connectivity index (χ2v) is 5.44. The highest BCUT2D eigenvalue weighted by molar-refractivity contribution is 5.98. The number of para-hydroxylation sites is 1. The molecule has 1 aromatic carbocycles. The first-order valence-corrected chi connectivity index (χ1v) is 6.38. The summed E-state index contributed by atoms with van der Waals surface area (Å²) in [6, 6.07) is 10.2. The fourth-order valence-corrected chi connectivity index (χ4v) is 1.70. The van der Waals surface area contributed by atoms with E-state index in [-0.39, 0.29) is 5.41 Å². The average Bonchev–Trinajstić information content (AvgIpc) is 2.29. The van der Waals surface area contributed by atoms with Crippen LogP contribution in [0.4, 0.5) is 5.69 Å². The molecule has 0 bridgehead atoms. The molecule has 0 spiro atoms. The van der Waals surface area contributed by atoms with Gasteiger partial charge >= 0.3 is 0 Å². The van der Waals surface area contributed by atoms with Gasteiger partial charge < -0.3 is 4.90 Å². The lowest BCUT2D eigenvalue weighted by atomic mass is 9.93. The second-order valence-electron chi connectivity index (χ2n) is 5.44. The van der Waals surface area contributed by atoms with Crippen LogP contribution in [-0.2, 0) is 0 Å². The van der Waals surface area contributed by atoms with E-state index in [9.17, 15) is 0 Å². The molecule has 0 radical (unpaired) electrons. The number of hydrogen-bond acceptors (Lipinski definition) is 1. The topological polar surface area (TPSA) is 27.1 Å². The standard InChI is InChI=1S/C15H24N2/c1-5-6-12-17(14(16)15(2,3)4)13-10-8-7-9-11-13/h7-11,16H,5-6,12H2,1-4H3. The maximum Gasteiger partial charge on any atom is 0.106 e. The summed E-state index contributed by atoms with van der Waals surface area (Å²) in [4.78, 5) is 2.13. The summed E-state index contributed by atoms with van der Waals surface area (Å²) >= 11 is 0. The minimum Gasteiger partial charge on any atom is -0.330 e. The first-order chi connectivity index (χ1) is 7.96. The Kier molecular flexibility index (Phi) is 4.73. The number of hydrogen-bond donors (Lipinski definition) is 1. The summed E-state index contributed by atoms with van der Waals surface area (Å²) in [6.07, 6.45) is 2.27. The molecule has 0 aliphatic heterocycles. The van der Waals surface area contributed by atoms with Crippen molar-refractivity contribution in [1.29, 1.82) is 5.41 Å². The summed E-state index contributed by atoms with van der Waals surface area (Å²) in [5.74, 6) is 0.692. The van der Waals surface area contributed by atoms with Crippen molar-refractivity contribution in [2.45, 2.75) is 40.5 Å². The molecule has 94 valence electrons. The number of benzene rings is 1. The third kappa shape index (κ3) is 3.88. The van der Waals surface area contributed by atoms with E-state index in [1.807, 2.05) is 18.2 Å². The molecule has 0 aliphatic rings. The third-order valence-electron chi connectivity index (χ3n) is 2.78. The minimum atomic E-state index is -0.108. The molecule has 0 saturated heterocycles. The Balaban J connectivity index is 2.92. The molecule has 0 saturated carbocycles. The average molecular weight is 232 g/mol. The number of nitrogens with one attached hydrogen (secondary N) is 1. The Morgan fingerprint density at radius 1 is 1.18 bits per heavy atom. The second kappa shape index (κ2) is 5.85. The summed E-state index contributed by atoms with van der Waals surface area (Å²) in [7, 11) is 0. The van der Waals surface area contributed by atoms with Gasteiger partial charge in [-0.05, 0) is 18.6 Å². The van der Waals surface area contributed by atoms with Gasteiger partial charge in [0.15, 0.2) is 0 Å². The van der Waals surface area contributed by atoms with Gasteiger partial charge in [0.05, 0.1) is 0 Å². The van der Waals surface area contributed by atoms with E-state index < -0.39 is 0 Å². The van der Waals surface area contributed by atoms with E-state index in [1.165, 1.54) is 0 Å². The molecule has 1 N–H and O–H groups in total. The first kappa shape index (κ1) is 13.8. The van der Waals surface area contributed by atoms with Gasteiger partial charge in [-0.2, -0.15) is 0 Å². The van der Waals surface area contributed by atoms with Gasteiger partial charge in [-0.25, -0.2) is 0 Å². The molecule has 1 aromatic rings. The molecule has 2 heteroatoms. The zero-order valence-corrected chi connectivity index (χ0v) is 11.5. The molecule has 17 heavy (non-hydrogen) atoms. The van der Waals surface area contributed by atoms with E-state index in [0.29, 0.717) is 5.84 Å². The smallest absolute Gasteiger partial charge is 0.106 e.